The molecule has 0 aliphatic carbocycles. The van der Waals surface area contributed by atoms with Crippen LogP contribution in [-0.4, -0.2) is 20.7 Å². The van der Waals surface area contributed by atoms with Gasteiger partial charge in [-0.05, 0) is 31.5 Å². The first-order valence-electron chi connectivity index (χ1n) is 7.75. The van der Waals surface area contributed by atoms with Gasteiger partial charge in [-0.15, -0.1) is 0 Å². The molecule has 8 heteroatoms. The van der Waals surface area contributed by atoms with E-state index >= 15 is 0 Å². The van der Waals surface area contributed by atoms with Gasteiger partial charge < -0.3 is 10.5 Å². The molecule has 1 aromatic heterocycles. The highest BCUT2D eigenvalue weighted by Crippen LogP contribution is 2.28. The molecular formula is C16H20Cl2N4OS. The van der Waals surface area contributed by atoms with Crippen molar-refractivity contribution in [1.82, 2.24) is 15.0 Å². The Morgan fingerprint density at radius 1 is 1.12 bits per heavy atom. The number of ether oxygens (including phenoxy) is 1. The Kier molecular flexibility index (Phi) is 7.40. The van der Waals surface area contributed by atoms with Crippen molar-refractivity contribution < 1.29 is 4.74 Å². The van der Waals surface area contributed by atoms with Gasteiger partial charge in [0.1, 0.15) is 5.75 Å². The van der Waals surface area contributed by atoms with Crippen LogP contribution < -0.4 is 10.5 Å². The Hall–Kier alpha value is -1.24. The van der Waals surface area contributed by atoms with Gasteiger partial charge in [-0.3, -0.25) is 0 Å². The molecule has 24 heavy (non-hydrogen) atoms. The summed E-state index contributed by atoms with van der Waals surface area (Å²) in [5, 5.41) is 1.63. The molecule has 0 amide bonds. The van der Waals surface area contributed by atoms with E-state index in [1.807, 2.05) is 6.92 Å². The largest absolute Gasteiger partial charge is 0.483 e. The Labute approximate surface area is 156 Å². The summed E-state index contributed by atoms with van der Waals surface area (Å²) >= 11 is 13.5. The number of unbranched alkanes of at least 4 members (excludes halogenated alkanes) is 2. The Bertz CT molecular complexity index is 667. The molecule has 130 valence electrons. The molecule has 0 aliphatic rings. The number of nitrogen functional groups attached to an aromatic ring is 1. The number of aromatic nitrogens is 3. The molecule has 1 aromatic carbocycles. The van der Waals surface area contributed by atoms with Crippen LogP contribution in [0.1, 0.15) is 45.0 Å². The zero-order valence-electron chi connectivity index (χ0n) is 13.6. The van der Waals surface area contributed by atoms with E-state index in [1.54, 1.807) is 30.0 Å². The number of nitrogens with two attached hydrogens (primary N) is 1. The number of anilines is 1. The van der Waals surface area contributed by atoms with Crippen LogP contribution in [0.2, 0.25) is 10.0 Å². The molecule has 0 saturated carbocycles. The maximum absolute atomic E-state index is 5.98. The number of rotatable bonds is 8. The molecular weight excluding hydrogens is 367 g/mol. The van der Waals surface area contributed by atoms with E-state index in [0.29, 0.717) is 26.8 Å². The van der Waals surface area contributed by atoms with Crippen LogP contribution in [0.5, 0.6) is 5.75 Å². The van der Waals surface area contributed by atoms with Gasteiger partial charge >= 0.3 is 0 Å². The average molecular weight is 387 g/mol. The third-order valence-corrected chi connectivity index (χ3v) is 4.51. The fraction of sp³-hybridized carbons (Fsp3) is 0.438. The van der Waals surface area contributed by atoms with Crippen LogP contribution in [0.4, 0.5) is 5.95 Å². The number of benzene rings is 1. The summed E-state index contributed by atoms with van der Waals surface area (Å²) in [5.74, 6) is 2.18. The van der Waals surface area contributed by atoms with E-state index in [2.05, 4.69) is 21.9 Å². The highest BCUT2D eigenvalue weighted by Gasteiger charge is 2.15. The lowest BCUT2D eigenvalue weighted by Gasteiger charge is -2.14. The Morgan fingerprint density at radius 3 is 2.50 bits per heavy atom. The first kappa shape index (κ1) is 19.1. The van der Waals surface area contributed by atoms with E-state index < -0.39 is 6.10 Å². The highest BCUT2D eigenvalue weighted by molar-refractivity contribution is 7.99. The number of hydrogen-bond donors (Lipinski definition) is 1. The molecule has 0 bridgehead atoms. The standard InChI is InChI=1S/C16H20Cl2N4OS/c1-3-4-5-6-24-16-21-14(20-15(19)22-16)10(2)23-13-8-11(17)7-12(18)9-13/h7-10H,3-6H2,1-2H3,(H2,19,20,21,22). The van der Waals surface area contributed by atoms with Crippen LogP contribution >= 0.6 is 35.0 Å². The van der Waals surface area contributed by atoms with Gasteiger partial charge in [-0.2, -0.15) is 9.97 Å². The molecule has 0 fully saturated rings. The molecule has 1 atom stereocenters. The summed E-state index contributed by atoms with van der Waals surface area (Å²) in [5.41, 5.74) is 5.80. The van der Waals surface area contributed by atoms with Crippen molar-refractivity contribution in [2.75, 3.05) is 11.5 Å². The molecule has 0 spiro atoms. The number of thioether (sulfide) groups is 1. The van der Waals surface area contributed by atoms with Crippen molar-refractivity contribution in [3.05, 3.63) is 34.1 Å². The van der Waals surface area contributed by atoms with Gasteiger partial charge in [-0.1, -0.05) is 54.7 Å². The number of halogens is 2. The molecule has 2 N–H and O–H groups in total. The maximum Gasteiger partial charge on any atom is 0.224 e. The van der Waals surface area contributed by atoms with E-state index in [9.17, 15) is 0 Å². The second-order valence-electron chi connectivity index (χ2n) is 5.26. The minimum absolute atomic E-state index is 0.192. The highest BCUT2D eigenvalue weighted by atomic mass is 35.5. The minimum atomic E-state index is -0.403. The van der Waals surface area contributed by atoms with E-state index in [4.69, 9.17) is 33.7 Å². The molecule has 1 unspecified atom stereocenters. The lowest BCUT2D eigenvalue weighted by atomic mass is 10.3. The van der Waals surface area contributed by atoms with Gasteiger partial charge in [-0.25, -0.2) is 4.98 Å². The summed E-state index contributed by atoms with van der Waals surface area (Å²) in [6.45, 7) is 4.01. The van der Waals surface area contributed by atoms with Gasteiger partial charge in [0.25, 0.3) is 0 Å². The van der Waals surface area contributed by atoms with Crippen molar-refractivity contribution in [1.29, 1.82) is 0 Å². The lowest BCUT2D eigenvalue weighted by Crippen LogP contribution is -2.12. The summed E-state index contributed by atoms with van der Waals surface area (Å²) in [7, 11) is 0. The SMILES string of the molecule is CCCCCSc1nc(N)nc(C(C)Oc2cc(Cl)cc(Cl)c2)n1. The van der Waals surface area contributed by atoms with Gasteiger partial charge in [0.05, 0.1) is 0 Å². The second kappa shape index (κ2) is 9.30. The van der Waals surface area contributed by atoms with Crippen LogP contribution in [0.25, 0.3) is 0 Å². The fourth-order valence-electron chi connectivity index (χ4n) is 2.00. The number of hydrogen-bond acceptors (Lipinski definition) is 6. The topological polar surface area (TPSA) is 73.9 Å². The lowest BCUT2D eigenvalue weighted by molar-refractivity contribution is 0.215. The van der Waals surface area contributed by atoms with Crippen LogP contribution in [-0.2, 0) is 0 Å². The van der Waals surface area contributed by atoms with Gasteiger partial charge in [0.2, 0.25) is 5.95 Å². The second-order valence-corrected chi connectivity index (χ2v) is 7.19. The predicted molar refractivity (Wildman–Crippen MR) is 100.0 cm³/mol. The molecule has 2 aromatic rings. The van der Waals surface area contributed by atoms with Gasteiger partial charge in [0.15, 0.2) is 17.1 Å². The first-order chi connectivity index (χ1) is 11.5. The van der Waals surface area contributed by atoms with Crippen LogP contribution in [0.3, 0.4) is 0 Å². The third-order valence-electron chi connectivity index (χ3n) is 3.14. The predicted octanol–water partition coefficient (Wildman–Crippen LogP) is 5.18. The number of nitrogens with zero attached hydrogens (tertiary/aromatic N) is 3. The monoisotopic (exact) mass is 386 g/mol. The Balaban J connectivity index is 2.07. The Morgan fingerprint density at radius 2 is 1.83 bits per heavy atom. The molecule has 5 nitrogen and oxygen atoms in total. The van der Waals surface area contributed by atoms with Crippen molar-refractivity contribution in [3.63, 3.8) is 0 Å². The summed E-state index contributed by atoms with van der Waals surface area (Å²) in [6, 6.07) is 5.02. The van der Waals surface area contributed by atoms with Crippen molar-refractivity contribution in [2.45, 2.75) is 44.4 Å². The summed E-state index contributed by atoms with van der Waals surface area (Å²) in [4.78, 5) is 12.8. The van der Waals surface area contributed by atoms with E-state index in [1.165, 1.54) is 12.8 Å². The van der Waals surface area contributed by atoms with Gasteiger partial charge in [0, 0.05) is 15.8 Å². The van der Waals surface area contributed by atoms with Crippen molar-refractivity contribution >= 4 is 40.9 Å². The normalized spacial score (nSPS) is 12.2. The zero-order valence-corrected chi connectivity index (χ0v) is 16.0. The molecule has 0 radical (unpaired) electrons. The zero-order chi connectivity index (χ0) is 17.5. The van der Waals surface area contributed by atoms with Crippen molar-refractivity contribution in [3.8, 4) is 5.75 Å². The van der Waals surface area contributed by atoms with Crippen LogP contribution in [0.15, 0.2) is 23.4 Å². The summed E-state index contributed by atoms with van der Waals surface area (Å²) in [6.07, 6.45) is 3.09. The fourth-order valence-corrected chi connectivity index (χ4v) is 3.36. The molecule has 1 heterocycles. The summed E-state index contributed by atoms with van der Waals surface area (Å²) < 4.78 is 5.83. The molecule has 0 aliphatic heterocycles. The average Bonchev–Trinajstić information content (AvgIpc) is 2.50. The molecule has 2 rings (SSSR count). The van der Waals surface area contributed by atoms with Crippen molar-refractivity contribution in [2.24, 2.45) is 0 Å². The quantitative estimate of drug-likeness (QED) is 0.497. The van der Waals surface area contributed by atoms with E-state index in [-0.39, 0.29) is 5.95 Å². The van der Waals surface area contributed by atoms with Crippen LogP contribution in [0, 0.1) is 0 Å². The first-order valence-corrected chi connectivity index (χ1v) is 9.49. The maximum atomic E-state index is 5.98. The minimum Gasteiger partial charge on any atom is -0.483 e. The van der Waals surface area contributed by atoms with E-state index in [0.717, 1.165) is 12.2 Å². The smallest absolute Gasteiger partial charge is 0.224 e. The third kappa shape index (κ3) is 6.00. The molecule has 0 saturated heterocycles.